The molecule has 0 aliphatic rings. The number of H-pyrrole nitrogens is 1. The summed E-state index contributed by atoms with van der Waals surface area (Å²) in [6, 6.07) is 10.4. The average Bonchev–Trinajstić information content (AvgIpc) is 2.54. The summed E-state index contributed by atoms with van der Waals surface area (Å²) in [4.78, 5) is 18.9. The normalized spacial score (nSPS) is 10.6. The van der Waals surface area contributed by atoms with E-state index in [1.165, 1.54) is 6.07 Å². The number of benzene rings is 1. The lowest BCUT2D eigenvalue weighted by Gasteiger charge is -2.08. The molecule has 2 aromatic heterocycles. The number of aromatic nitrogens is 2. The first-order valence-electron chi connectivity index (χ1n) is 6.75. The third-order valence-corrected chi connectivity index (χ3v) is 3.36. The number of hydrogen-bond acceptors (Lipinski definition) is 5. The van der Waals surface area contributed by atoms with Crippen LogP contribution in [-0.4, -0.2) is 22.2 Å². The van der Waals surface area contributed by atoms with Gasteiger partial charge in [0, 0.05) is 29.2 Å². The van der Waals surface area contributed by atoms with Crippen molar-refractivity contribution in [1.29, 1.82) is 0 Å². The Labute approximate surface area is 126 Å². The maximum absolute atomic E-state index is 12.1. The summed E-state index contributed by atoms with van der Waals surface area (Å²) in [5.74, 6) is 1.11. The molecule has 0 saturated heterocycles. The fourth-order valence-corrected chi connectivity index (χ4v) is 2.20. The van der Waals surface area contributed by atoms with Crippen molar-refractivity contribution in [2.45, 2.75) is 6.54 Å². The molecule has 22 heavy (non-hydrogen) atoms. The minimum Gasteiger partial charge on any atom is -0.504 e. The number of fused-ring (bicyclic) bond motifs is 1. The molecule has 3 N–H and O–H groups in total. The largest absolute Gasteiger partial charge is 0.504 e. The molecule has 1 aromatic carbocycles. The number of aromatic hydroxyl groups is 1. The van der Waals surface area contributed by atoms with E-state index in [9.17, 15) is 9.90 Å². The van der Waals surface area contributed by atoms with E-state index in [1.807, 2.05) is 6.07 Å². The van der Waals surface area contributed by atoms with Crippen molar-refractivity contribution in [1.82, 2.24) is 9.97 Å². The van der Waals surface area contributed by atoms with E-state index >= 15 is 0 Å². The summed E-state index contributed by atoms with van der Waals surface area (Å²) < 4.78 is 5.19. The number of nitrogens with one attached hydrogen (secondary N) is 2. The highest BCUT2D eigenvalue weighted by molar-refractivity contribution is 5.80. The molecule has 0 saturated carbocycles. The highest BCUT2D eigenvalue weighted by atomic mass is 16.5. The fourth-order valence-electron chi connectivity index (χ4n) is 2.20. The summed E-state index contributed by atoms with van der Waals surface area (Å²) in [6.45, 7) is 0.257. The monoisotopic (exact) mass is 297 g/mol. The third kappa shape index (κ3) is 2.71. The van der Waals surface area contributed by atoms with Gasteiger partial charge >= 0.3 is 0 Å². The summed E-state index contributed by atoms with van der Waals surface area (Å²) in [5, 5.41) is 13.5. The molecular formula is C16H15N3O3. The number of ether oxygens (including phenoxy) is 1. The molecule has 3 aromatic rings. The van der Waals surface area contributed by atoms with E-state index in [2.05, 4.69) is 15.3 Å². The van der Waals surface area contributed by atoms with Gasteiger partial charge in [-0.1, -0.05) is 0 Å². The summed E-state index contributed by atoms with van der Waals surface area (Å²) in [5.41, 5.74) is 1.11. The van der Waals surface area contributed by atoms with E-state index in [-0.39, 0.29) is 17.9 Å². The van der Waals surface area contributed by atoms with Crippen LogP contribution in [-0.2, 0) is 6.54 Å². The number of pyridine rings is 2. The number of rotatable bonds is 4. The van der Waals surface area contributed by atoms with E-state index < -0.39 is 0 Å². The van der Waals surface area contributed by atoms with Gasteiger partial charge in [0.2, 0.25) is 0 Å². The predicted octanol–water partition coefficient (Wildman–Crippen LogP) is 2.25. The van der Waals surface area contributed by atoms with Gasteiger partial charge in [0.25, 0.3) is 5.56 Å². The third-order valence-electron chi connectivity index (χ3n) is 3.36. The fraction of sp³-hybridized carbons (Fsp3) is 0.125. The zero-order chi connectivity index (χ0) is 15.5. The van der Waals surface area contributed by atoms with Gasteiger partial charge in [0.15, 0.2) is 11.6 Å². The Kier molecular flexibility index (Phi) is 3.65. The number of aromatic amines is 1. The molecule has 0 aliphatic carbocycles. The first-order valence-corrected chi connectivity index (χ1v) is 6.75. The van der Waals surface area contributed by atoms with Gasteiger partial charge in [-0.3, -0.25) is 4.79 Å². The van der Waals surface area contributed by atoms with E-state index in [0.717, 1.165) is 16.7 Å². The van der Waals surface area contributed by atoms with Crippen LogP contribution in [0.15, 0.2) is 47.4 Å². The molecule has 6 nitrogen and oxygen atoms in total. The van der Waals surface area contributed by atoms with Gasteiger partial charge in [-0.25, -0.2) is 4.98 Å². The molecule has 0 fully saturated rings. The molecule has 6 heteroatoms. The van der Waals surface area contributed by atoms with Crippen molar-refractivity contribution in [3.63, 3.8) is 0 Å². The number of hydrogen-bond donors (Lipinski definition) is 3. The van der Waals surface area contributed by atoms with Gasteiger partial charge in [0.1, 0.15) is 5.75 Å². The maximum Gasteiger partial charge on any atom is 0.253 e. The average molecular weight is 297 g/mol. The van der Waals surface area contributed by atoms with Crippen molar-refractivity contribution >= 4 is 16.7 Å². The lowest BCUT2D eigenvalue weighted by atomic mass is 10.1. The smallest absolute Gasteiger partial charge is 0.253 e. The predicted molar refractivity (Wildman–Crippen MR) is 84.3 cm³/mol. The molecule has 0 bridgehead atoms. The Morgan fingerprint density at radius 2 is 2.18 bits per heavy atom. The number of anilines is 1. The van der Waals surface area contributed by atoms with E-state index in [1.54, 1.807) is 37.6 Å². The second kappa shape index (κ2) is 5.77. The van der Waals surface area contributed by atoms with Gasteiger partial charge in [-0.15, -0.1) is 0 Å². The molecular weight excluding hydrogens is 282 g/mol. The first-order chi connectivity index (χ1) is 10.7. The summed E-state index contributed by atoms with van der Waals surface area (Å²) in [7, 11) is 1.60. The second-order valence-corrected chi connectivity index (χ2v) is 4.80. The van der Waals surface area contributed by atoms with Gasteiger partial charge in [0.05, 0.1) is 7.11 Å². The maximum atomic E-state index is 12.1. The van der Waals surface area contributed by atoms with Crippen molar-refractivity contribution < 1.29 is 9.84 Å². The SMILES string of the molecule is COc1ccc2[nH]c(=O)c(CNc3ncccc3O)cc2c1. The zero-order valence-corrected chi connectivity index (χ0v) is 12.0. The Bertz CT molecular complexity index is 874. The lowest BCUT2D eigenvalue weighted by molar-refractivity contribution is 0.415. The van der Waals surface area contributed by atoms with Crippen LogP contribution in [0.5, 0.6) is 11.5 Å². The van der Waals surface area contributed by atoms with Crippen LogP contribution in [0, 0.1) is 0 Å². The highest BCUT2D eigenvalue weighted by Crippen LogP contribution is 2.21. The Hall–Kier alpha value is -3.02. The van der Waals surface area contributed by atoms with Crippen molar-refractivity contribution in [2.75, 3.05) is 12.4 Å². The lowest BCUT2D eigenvalue weighted by Crippen LogP contribution is -2.16. The van der Waals surface area contributed by atoms with Crippen LogP contribution in [0.25, 0.3) is 10.9 Å². The van der Waals surface area contributed by atoms with Gasteiger partial charge in [-0.2, -0.15) is 0 Å². The molecule has 0 aliphatic heterocycles. The van der Waals surface area contributed by atoms with Crippen LogP contribution in [0.1, 0.15) is 5.56 Å². The topological polar surface area (TPSA) is 87.2 Å². The van der Waals surface area contributed by atoms with Gasteiger partial charge < -0.3 is 20.1 Å². The van der Waals surface area contributed by atoms with Crippen LogP contribution >= 0.6 is 0 Å². The standard InChI is InChI=1S/C16H15N3O3/c1-22-12-4-5-13-10(8-12)7-11(16(21)19-13)9-18-15-14(20)3-2-6-17-15/h2-8,20H,9H2,1H3,(H,17,18)(H,19,21). The van der Waals surface area contributed by atoms with Gasteiger partial charge in [-0.05, 0) is 36.4 Å². The Morgan fingerprint density at radius 3 is 2.95 bits per heavy atom. The number of methoxy groups -OCH3 is 1. The summed E-state index contributed by atoms with van der Waals surface area (Å²) in [6.07, 6.45) is 1.57. The van der Waals surface area contributed by atoms with E-state index in [0.29, 0.717) is 11.4 Å². The summed E-state index contributed by atoms with van der Waals surface area (Å²) >= 11 is 0. The van der Waals surface area contributed by atoms with Crippen molar-refractivity contribution in [3.05, 3.63) is 58.5 Å². The quantitative estimate of drug-likeness (QED) is 0.687. The highest BCUT2D eigenvalue weighted by Gasteiger charge is 2.06. The molecule has 0 unspecified atom stereocenters. The van der Waals surface area contributed by atoms with Crippen LogP contribution in [0.3, 0.4) is 0 Å². The zero-order valence-electron chi connectivity index (χ0n) is 12.0. The molecule has 112 valence electrons. The van der Waals surface area contributed by atoms with Crippen LogP contribution in [0.2, 0.25) is 0 Å². The molecule has 3 rings (SSSR count). The van der Waals surface area contributed by atoms with Crippen LogP contribution in [0.4, 0.5) is 5.82 Å². The van der Waals surface area contributed by atoms with E-state index in [4.69, 9.17) is 4.74 Å². The first kappa shape index (κ1) is 13.9. The second-order valence-electron chi connectivity index (χ2n) is 4.80. The Balaban J connectivity index is 1.91. The van der Waals surface area contributed by atoms with Crippen LogP contribution < -0.4 is 15.6 Å². The molecule has 0 amide bonds. The minimum atomic E-state index is -0.180. The van der Waals surface area contributed by atoms with Crippen molar-refractivity contribution in [3.8, 4) is 11.5 Å². The number of nitrogens with zero attached hydrogens (tertiary/aromatic N) is 1. The molecule has 2 heterocycles. The molecule has 0 spiro atoms. The Morgan fingerprint density at radius 1 is 1.32 bits per heavy atom. The molecule has 0 atom stereocenters. The minimum absolute atomic E-state index is 0.0430. The molecule has 0 radical (unpaired) electrons. The van der Waals surface area contributed by atoms with Crippen molar-refractivity contribution in [2.24, 2.45) is 0 Å².